The molecule has 1 N–H and O–H groups in total. The van der Waals surface area contributed by atoms with E-state index in [4.69, 9.17) is 0 Å². The van der Waals surface area contributed by atoms with Gasteiger partial charge in [-0.05, 0) is 49.9 Å². The molecule has 3 rings (SSSR count). The van der Waals surface area contributed by atoms with E-state index in [1.807, 2.05) is 37.3 Å². The van der Waals surface area contributed by atoms with Crippen molar-refractivity contribution in [2.24, 2.45) is 11.8 Å². The van der Waals surface area contributed by atoms with E-state index in [1.54, 1.807) is 0 Å². The molecule has 2 amide bonds. The number of carbonyl (C=O) groups excluding carboxylic acids is 2. The number of hydrogen-bond acceptors (Lipinski definition) is 3. The van der Waals surface area contributed by atoms with Gasteiger partial charge in [0.1, 0.15) is 0 Å². The monoisotopic (exact) mass is 284 g/mol. The van der Waals surface area contributed by atoms with Crippen molar-refractivity contribution in [2.45, 2.75) is 26.7 Å². The number of hydrogen-bond donors (Lipinski definition) is 1. The van der Waals surface area contributed by atoms with Gasteiger partial charge in [-0.25, -0.2) is 0 Å². The number of imide groups is 1. The molecule has 0 aromatic heterocycles. The Kier molecular flexibility index (Phi) is 3.53. The van der Waals surface area contributed by atoms with E-state index in [1.165, 1.54) is 16.0 Å². The maximum Gasteiger partial charge on any atom is 0.234 e. The van der Waals surface area contributed by atoms with E-state index in [9.17, 15) is 9.59 Å². The van der Waals surface area contributed by atoms with Crippen molar-refractivity contribution in [2.75, 3.05) is 12.0 Å². The van der Waals surface area contributed by atoms with E-state index in [0.29, 0.717) is 12.8 Å². The largest absolute Gasteiger partial charge is 0.367 e. The Bertz CT molecular complexity index is 595. The second-order valence-corrected chi connectivity index (χ2v) is 5.89. The van der Waals surface area contributed by atoms with E-state index < -0.39 is 0 Å². The van der Waals surface area contributed by atoms with Gasteiger partial charge in [0.2, 0.25) is 11.8 Å². The van der Waals surface area contributed by atoms with E-state index in [2.05, 4.69) is 12.2 Å². The number of amides is 2. The lowest BCUT2D eigenvalue weighted by Crippen LogP contribution is -2.35. The van der Waals surface area contributed by atoms with Crippen molar-refractivity contribution in [3.8, 4) is 0 Å². The summed E-state index contributed by atoms with van der Waals surface area (Å²) in [6.07, 6.45) is 5.39. The fourth-order valence-corrected chi connectivity index (χ4v) is 3.05. The van der Waals surface area contributed by atoms with Crippen molar-refractivity contribution in [1.82, 2.24) is 4.90 Å². The van der Waals surface area contributed by atoms with Gasteiger partial charge in [-0.2, -0.15) is 0 Å². The van der Waals surface area contributed by atoms with Gasteiger partial charge in [0, 0.05) is 5.69 Å². The molecule has 0 bridgehead atoms. The summed E-state index contributed by atoms with van der Waals surface area (Å²) in [5, 5.41) is 3.19. The summed E-state index contributed by atoms with van der Waals surface area (Å²) in [5.74, 6) is -0.371. The van der Waals surface area contributed by atoms with Crippen LogP contribution in [0, 0.1) is 25.7 Å². The number of nitrogens with one attached hydrogen (secondary N) is 1. The summed E-state index contributed by atoms with van der Waals surface area (Å²) >= 11 is 0. The second kappa shape index (κ2) is 5.35. The zero-order valence-electron chi connectivity index (χ0n) is 12.4. The highest BCUT2D eigenvalue weighted by atomic mass is 16.2. The molecule has 1 aromatic rings. The summed E-state index contributed by atoms with van der Waals surface area (Å²) in [6, 6.07) is 6.05. The van der Waals surface area contributed by atoms with Crippen molar-refractivity contribution in [3.63, 3.8) is 0 Å². The van der Waals surface area contributed by atoms with Crippen LogP contribution in [-0.4, -0.2) is 23.4 Å². The van der Waals surface area contributed by atoms with Crippen molar-refractivity contribution < 1.29 is 9.59 Å². The minimum atomic E-state index is -0.149. The summed E-state index contributed by atoms with van der Waals surface area (Å²) in [5.41, 5.74) is 3.36. The van der Waals surface area contributed by atoms with Crippen LogP contribution in [0.5, 0.6) is 0 Å². The molecular formula is C17H20N2O2. The Labute approximate surface area is 124 Å². The predicted octanol–water partition coefficient (Wildman–Crippen LogP) is 2.62. The van der Waals surface area contributed by atoms with Gasteiger partial charge < -0.3 is 5.32 Å². The third kappa shape index (κ3) is 2.46. The highest BCUT2D eigenvalue weighted by Crippen LogP contribution is 2.34. The van der Waals surface area contributed by atoms with Crippen LogP contribution in [0.2, 0.25) is 0 Å². The van der Waals surface area contributed by atoms with Gasteiger partial charge in [0.25, 0.3) is 0 Å². The first-order chi connectivity index (χ1) is 10.1. The molecule has 4 heteroatoms. The topological polar surface area (TPSA) is 49.4 Å². The number of rotatable bonds is 3. The van der Waals surface area contributed by atoms with Crippen LogP contribution in [0.1, 0.15) is 24.0 Å². The van der Waals surface area contributed by atoms with Gasteiger partial charge in [-0.3, -0.25) is 14.5 Å². The smallest absolute Gasteiger partial charge is 0.234 e. The lowest BCUT2D eigenvalue weighted by Gasteiger charge is -2.17. The summed E-state index contributed by atoms with van der Waals surface area (Å²) in [4.78, 5) is 26.0. The molecule has 2 atom stereocenters. The number of anilines is 1. The Balaban J connectivity index is 1.69. The van der Waals surface area contributed by atoms with Gasteiger partial charge in [-0.15, -0.1) is 0 Å². The SMILES string of the molecule is Cc1ccc(NCN2C(=O)C3CC=CCC3C2=O)cc1C. The molecular weight excluding hydrogens is 264 g/mol. The van der Waals surface area contributed by atoms with Gasteiger partial charge in [-0.1, -0.05) is 18.2 Å². The normalized spacial score (nSPS) is 24.4. The average Bonchev–Trinajstić information content (AvgIpc) is 2.73. The number of benzene rings is 1. The fraction of sp³-hybridized carbons (Fsp3) is 0.412. The Morgan fingerprint density at radius 3 is 2.24 bits per heavy atom. The molecule has 1 saturated heterocycles. The van der Waals surface area contributed by atoms with Crippen LogP contribution in [0.4, 0.5) is 5.69 Å². The van der Waals surface area contributed by atoms with Crippen LogP contribution in [-0.2, 0) is 9.59 Å². The lowest BCUT2D eigenvalue weighted by atomic mass is 9.85. The van der Waals surface area contributed by atoms with Crippen LogP contribution in [0.25, 0.3) is 0 Å². The van der Waals surface area contributed by atoms with Crippen molar-refractivity contribution >= 4 is 17.5 Å². The zero-order valence-corrected chi connectivity index (χ0v) is 12.4. The Hall–Kier alpha value is -2.10. The van der Waals surface area contributed by atoms with E-state index >= 15 is 0 Å². The maximum atomic E-state index is 12.3. The third-order valence-corrected chi connectivity index (χ3v) is 4.55. The van der Waals surface area contributed by atoms with Crippen molar-refractivity contribution in [3.05, 3.63) is 41.5 Å². The Morgan fingerprint density at radius 2 is 1.67 bits per heavy atom. The molecule has 0 radical (unpaired) electrons. The summed E-state index contributed by atoms with van der Waals surface area (Å²) < 4.78 is 0. The minimum Gasteiger partial charge on any atom is -0.367 e. The van der Waals surface area contributed by atoms with Gasteiger partial charge >= 0.3 is 0 Å². The van der Waals surface area contributed by atoms with Crippen molar-refractivity contribution in [1.29, 1.82) is 0 Å². The number of allylic oxidation sites excluding steroid dienone is 2. The molecule has 0 saturated carbocycles. The first-order valence-corrected chi connectivity index (χ1v) is 7.39. The summed E-state index contributed by atoms with van der Waals surface area (Å²) in [7, 11) is 0. The molecule has 1 aliphatic carbocycles. The zero-order chi connectivity index (χ0) is 15.0. The second-order valence-electron chi connectivity index (χ2n) is 5.89. The standard InChI is InChI=1S/C17H20N2O2/c1-11-7-8-13(9-12(11)2)18-10-19-16(20)14-5-3-4-6-15(14)17(19)21/h3-4,7-9,14-15,18H,5-6,10H2,1-2H3. The maximum absolute atomic E-state index is 12.3. The lowest BCUT2D eigenvalue weighted by molar-refractivity contribution is -0.139. The number of likely N-dealkylation sites (tertiary alicyclic amines) is 1. The molecule has 110 valence electrons. The molecule has 2 unspecified atom stereocenters. The molecule has 21 heavy (non-hydrogen) atoms. The highest BCUT2D eigenvalue weighted by molar-refractivity contribution is 6.05. The quantitative estimate of drug-likeness (QED) is 0.685. The molecule has 1 aliphatic heterocycles. The van der Waals surface area contributed by atoms with Gasteiger partial charge in [0.15, 0.2) is 0 Å². The summed E-state index contributed by atoms with van der Waals surface area (Å²) in [6.45, 7) is 4.37. The van der Waals surface area contributed by atoms with E-state index in [0.717, 1.165) is 5.69 Å². The first kappa shape index (κ1) is 13.9. The number of carbonyl (C=O) groups is 2. The van der Waals surface area contributed by atoms with E-state index in [-0.39, 0.29) is 30.3 Å². The molecule has 0 spiro atoms. The molecule has 4 nitrogen and oxygen atoms in total. The predicted molar refractivity (Wildman–Crippen MR) is 81.6 cm³/mol. The van der Waals surface area contributed by atoms with Crippen LogP contribution >= 0.6 is 0 Å². The number of nitrogens with zero attached hydrogens (tertiary/aromatic N) is 1. The van der Waals surface area contributed by atoms with Crippen LogP contribution < -0.4 is 5.32 Å². The third-order valence-electron chi connectivity index (χ3n) is 4.55. The minimum absolute atomic E-state index is 0.0364. The van der Waals surface area contributed by atoms with Gasteiger partial charge in [0.05, 0.1) is 18.5 Å². The first-order valence-electron chi connectivity index (χ1n) is 7.39. The molecule has 1 aromatic carbocycles. The molecule has 1 heterocycles. The average molecular weight is 284 g/mol. The number of fused-ring (bicyclic) bond motifs is 1. The number of aryl methyl sites for hydroxylation is 2. The van der Waals surface area contributed by atoms with Crippen LogP contribution in [0.15, 0.2) is 30.4 Å². The molecule has 2 aliphatic rings. The van der Waals surface area contributed by atoms with Crippen LogP contribution in [0.3, 0.4) is 0 Å². The molecule has 1 fully saturated rings. The highest BCUT2D eigenvalue weighted by Gasteiger charge is 2.46. The Morgan fingerprint density at radius 1 is 1.05 bits per heavy atom. The fourth-order valence-electron chi connectivity index (χ4n) is 3.05.